The Morgan fingerprint density at radius 3 is 2.94 bits per heavy atom. The van der Waals surface area contributed by atoms with Gasteiger partial charge in [-0.3, -0.25) is 4.90 Å². The summed E-state index contributed by atoms with van der Waals surface area (Å²) in [6, 6.07) is 0. The fourth-order valence-electron chi connectivity index (χ4n) is 2.71. The summed E-state index contributed by atoms with van der Waals surface area (Å²) in [5.41, 5.74) is 2.70. The summed E-state index contributed by atoms with van der Waals surface area (Å²) < 4.78 is 2.32. The second-order valence-electron chi connectivity index (χ2n) is 4.84. The summed E-state index contributed by atoms with van der Waals surface area (Å²) in [6.45, 7) is 6.78. The second-order valence-corrected chi connectivity index (χ2v) is 4.84. The van der Waals surface area contributed by atoms with E-state index in [0.29, 0.717) is 0 Å². The first-order valence-electron chi connectivity index (χ1n) is 6.39. The Morgan fingerprint density at radius 2 is 2.06 bits per heavy atom. The molecular weight excluding hydrogens is 200 g/mol. The molecule has 0 aliphatic carbocycles. The van der Waals surface area contributed by atoms with Gasteiger partial charge in [-0.15, -0.1) is 0 Å². The van der Waals surface area contributed by atoms with Crippen molar-refractivity contribution in [3.05, 3.63) is 17.7 Å². The van der Waals surface area contributed by atoms with Crippen LogP contribution in [0.3, 0.4) is 0 Å². The van der Waals surface area contributed by atoms with Crippen molar-refractivity contribution in [3.8, 4) is 0 Å². The van der Waals surface area contributed by atoms with E-state index in [-0.39, 0.29) is 0 Å². The van der Waals surface area contributed by atoms with Crippen molar-refractivity contribution < 1.29 is 0 Å². The third kappa shape index (κ3) is 1.99. The van der Waals surface area contributed by atoms with Crippen molar-refractivity contribution in [2.24, 2.45) is 0 Å². The van der Waals surface area contributed by atoms with Gasteiger partial charge in [-0.1, -0.05) is 0 Å². The monoisotopic (exact) mass is 220 g/mol. The zero-order valence-electron chi connectivity index (χ0n) is 9.78. The fourth-order valence-corrected chi connectivity index (χ4v) is 2.71. The molecule has 2 aliphatic rings. The molecule has 0 radical (unpaired) electrons. The Labute approximate surface area is 96.7 Å². The maximum Gasteiger partial charge on any atom is 0.0952 e. The van der Waals surface area contributed by atoms with Gasteiger partial charge in [0.25, 0.3) is 0 Å². The number of hydrogen-bond acceptors (Lipinski definition) is 3. The molecule has 0 unspecified atom stereocenters. The Bertz CT molecular complexity index is 352. The number of nitrogens with zero attached hydrogens (tertiary/aromatic N) is 3. The maximum absolute atomic E-state index is 4.58. The number of imidazole rings is 1. The largest absolute Gasteiger partial charge is 0.333 e. The Morgan fingerprint density at radius 1 is 1.19 bits per heavy atom. The predicted octanol–water partition coefficient (Wildman–Crippen LogP) is 0.972. The van der Waals surface area contributed by atoms with E-state index in [0.717, 1.165) is 26.2 Å². The molecule has 1 N–H and O–H groups in total. The van der Waals surface area contributed by atoms with Crippen molar-refractivity contribution in [2.75, 3.05) is 19.6 Å². The van der Waals surface area contributed by atoms with Gasteiger partial charge in [0.1, 0.15) is 0 Å². The molecule has 88 valence electrons. The van der Waals surface area contributed by atoms with Gasteiger partial charge in [0.15, 0.2) is 0 Å². The van der Waals surface area contributed by atoms with Crippen LogP contribution in [0.5, 0.6) is 0 Å². The quantitative estimate of drug-likeness (QED) is 0.806. The summed E-state index contributed by atoms with van der Waals surface area (Å²) >= 11 is 0. The lowest BCUT2D eigenvalue weighted by Gasteiger charge is -2.14. The zero-order chi connectivity index (χ0) is 10.8. The number of fused-ring (bicyclic) bond motifs is 1. The standard InChI is InChI=1S/C12H20N4/c1-2-6-15(5-1)9-11-12-8-13-4-3-7-16(12)10-14-11/h10,13H,1-9H2. The van der Waals surface area contributed by atoms with Gasteiger partial charge in [0.2, 0.25) is 0 Å². The van der Waals surface area contributed by atoms with Crippen molar-refractivity contribution in [1.29, 1.82) is 0 Å². The van der Waals surface area contributed by atoms with Crippen LogP contribution in [0, 0.1) is 0 Å². The predicted molar refractivity (Wildman–Crippen MR) is 63.1 cm³/mol. The molecule has 1 saturated heterocycles. The molecule has 0 saturated carbocycles. The number of aryl methyl sites for hydroxylation is 1. The first kappa shape index (κ1) is 10.3. The Hall–Kier alpha value is -0.870. The highest BCUT2D eigenvalue weighted by molar-refractivity contribution is 5.14. The highest BCUT2D eigenvalue weighted by Gasteiger charge is 2.18. The smallest absolute Gasteiger partial charge is 0.0952 e. The number of rotatable bonds is 2. The van der Waals surface area contributed by atoms with Crippen LogP contribution in [-0.4, -0.2) is 34.1 Å². The number of likely N-dealkylation sites (tertiary alicyclic amines) is 1. The van der Waals surface area contributed by atoms with E-state index in [1.165, 1.54) is 43.7 Å². The van der Waals surface area contributed by atoms with Gasteiger partial charge in [-0.05, 0) is 38.9 Å². The maximum atomic E-state index is 4.58. The molecule has 3 rings (SSSR count). The molecular formula is C12H20N4. The molecule has 4 heteroatoms. The van der Waals surface area contributed by atoms with Crippen molar-refractivity contribution in [3.63, 3.8) is 0 Å². The summed E-state index contributed by atoms with van der Waals surface area (Å²) in [4.78, 5) is 7.11. The minimum Gasteiger partial charge on any atom is -0.333 e. The molecule has 0 atom stereocenters. The van der Waals surface area contributed by atoms with Crippen LogP contribution in [0.1, 0.15) is 30.7 Å². The highest BCUT2D eigenvalue weighted by atomic mass is 15.2. The first-order valence-corrected chi connectivity index (χ1v) is 6.39. The molecule has 4 nitrogen and oxygen atoms in total. The van der Waals surface area contributed by atoms with Crippen LogP contribution in [-0.2, 0) is 19.6 Å². The lowest BCUT2D eigenvalue weighted by Crippen LogP contribution is -2.21. The molecule has 0 spiro atoms. The van der Waals surface area contributed by atoms with Gasteiger partial charge in [0.05, 0.1) is 17.7 Å². The van der Waals surface area contributed by atoms with Crippen LogP contribution in [0.15, 0.2) is 6.33 Å². The zero-order valence-corrected chi connectivity index (χ0v) is 9.78. The third-order valence-electron chi connectivity index (χ3n) is 3.65. The van der Waals surface area contributed by atoms with E-state index >= 15 is 0 Å². The molecule has 3 heterocycles. The van der Waals surface area contributed by atoms with Gasteiger partial charge in [0, 0.05) is 19.6 Å². The van der Waals surface area contributed by atoms with Crippen molar-refractivity contribution >= 4 is 0 Å². The molecule has 1 fully saturated rings. The fraction of sp³-hybridized carbons (Fsp3) is 0.750. The molecule has 1 aromatic rings. The number of nitrogens with one attached hydrogen (secondary N) is 1. The molecule has 0 aromatic carbocycles. The SMILES string of the molecule is c1nc(CN2CCCC2)c2n1CCCNC2. The minimum atomic E-state index is 0.989. The van der Waals surface area contributed by atoms with Crippen molar-refractivity contribution in [1.82, 2.24) is 19.8 Å². The average Bonchev–Trinajstić information content (AvgIpc) is 2.86. The van der Waals surface area contributed by atoms with Crippen molar-refractivity contribution in [2.45, 2.75) is 38.9 Å². The lowest BCUT2D eigenvalue weighted by molar-refractivity contribution is 0.326. The van der Waals surface area contributed by atoms with Crippen LogP contribution >= 0.6 is 0 Å². The summed E-state index contributed by atoms with van der Waals surface area (Å²) in [7, 11) is 0. The van der Waals surface area contributed by atoms with E-state index in [2.05, 4.69) is 19.8 Å². The van der Waals surface area contributed by atoms with Crippen LogP contribution in [0.2, 0.25) is 0 Å². The minimum absolute atomic E-state index is 0.989. The molecule has 1 aromatic heterocycles. The number of hydrogen-bond donors (Lipinski definition) is 1. The summed E-state index contributed by atoms with van der Waals surface area (Å²) in [6.07, 6.45) is 5.95. The molecule has 0 bridgehead atoms. The molecule has 0 amide bonds. The Balaban J connectivity index is 1.76. The first-order chi connectivity index (χ1) is 7.93. The normalized spacial score (nSPS) is 22.0. The summed E-state index contributed by atoms with van der Waals surface area (Å²) in [5.74, 6) is 0. The van der Waals surface area contributed by atoms with E-state index in [4.69, 9.17) is 0 Å². The van der Waals surface area contributed by atoms with Crippen LogP contribution in [0.25, 0.3) is 0 Å². The second kappa shape index (κ2) is 4.55. The van der Waals surface area contributed by atoms with Gasteiger partial charge in [-0.25, -0.2) is 4.98 Å². The third-order valence-corrected chi connectivity index (χ3v) is 3.65. The summed E-state index contributed by atoms with van der Waals surface area (Å²) in [5, 5.41) is 3.48. The van der Waals surface area contributed by atoms with Gasteiger partial charge < -0.3 is 9.88 Å². The van der Waals surface area contributed by atoms with Crippen LogP contribution < -0.4 is 5.32 Å². The Kier molecular flexibility index (Phi) is 2.93. The lowest BCUT2D eigenvalue weighted by atomic mass is 10.3. The van der Waals surface area contributed by atoms with E-state index < -0.39 is 0 Å². The van der Waals surface area contributed by atoms with Crippen LogP contribution in [0.4, 0.5) is 0 Å². The molecule has 16 heavy (non-hydrogen) atoms. The number of aromatic nitrogens is 2. The molecule has 2 aliphatic heterocycles. The van der Waals surface area contributed by atoms with Gasteiger partial charge in [-0.2, -0.15) is 0 Å². The highest BCUT2D eigenvalue weighted by Crippen LogP contribution is 2.16. The van der Waals surface area contributed by atoms with E-state index in [1.54, 1.807) is 0 Å². The van der Waals surface area contributed by atoms with E-state index in [9.17, 15) is 0 Å². The average molecular weight is 220 g/mol. The van der Waals surface area contributed by atoms with Gasteiger partial charge >= 0.3 is 0 Å². The topological polar surface area (TPSA) is 33.1 Å². The van der Waals surface area contributed by atoms with E-state index in [1.807, 2.05) is 6.33 Å².